The SMILES string of the molecule is Cc1ccc(C(=O)c2ccccc2C(C)(C)C)cc1OCC1CO1. The van der Waals surface area contributed by atoms with Crippen LogP contribution in [0.5, 0.6) is 5.75 Å². The van der Waals surface area contributed by atoms with Crippen LogP contribution in [0.25, 0.3) is 0 Å². The molecule has 126 valence electrons. The normalized spacial score (nSPS) is 16.8. The Morgan fingerprint density at radius 3 is 2.58 bits per heavy atom. The van der Waals surface area contributed by atoms with E-state index in [4.69, 9.17) is 9.47 Å². The van der Waals surface area contributed by atoms with E-state index in [9.17, 15) is 4.79 Å². The Hall–Kier alpha value is -2.13. The topological polar surface area (TPSA) is 38.8 Å². The van der Waals surface area contributed by atoms with Crippen LogP contribution in [0.4, 0.5) is 0 Å². The average molecular weight is 324 g/mol. The zero-order valence-corrected chi connectivity index (χ0v) is 14.8. The van der Waals surface area contributed by atoms with Crippen molar-refractivity contribution in [2.24, 2.45) is 0 Å². The Balaban J connectivity index is 1.91. The largest absolute Gasteiger partial charge is 0.490 e. The van der Waals surface area contributed by atoms with Crippen molar-refractivity contribution in [3.63, 3.8) is 0 Å². The van der Waals surface area contributed by atoms with Crippen molar-refractivity contribution in [1.29, 1.82) is 0 Å². The summed E-state index contributed by atoms with van der Waals surface area (Å²) in [7, 11) is 0. The highest BCUT2D eigenvalue weighted by Gasteiger charge is 2.24. The summed E-state index contributed by atoms with van der Waals surface area (Å²) in [6.07, 6.45) is 0.199. The van der Waals surface area contributed by atoms with E-state index in [1.54, 1.807) is 0 Å². The van der Waals surface area contributed by atoms with Crippen LogP contribution in [-0.4, -0.2) is 25.1 Å². The van der Waals surface area contributed by atoms with Gasteiger partial charge in [0.2, 0.25) is 0 Å². The van der Waals surface area contributed by atoms with Crippen LogP contribution in [0.3, 0.4) is 0 Å². The third kappa shape index (κ3) is 3.68. The molecule has 0 aliphatic carbocycles. The molecule has 1 unspecified atom stereocenters. The molecule has 3 rings (SSSR count). The van der Waals surface area contributed by atoms with Crippen molar-refractivity contribution >= 4 is 5.78 Å². The third-order valence-corrected chi connectivity index (χ3v) is 4.26. The Labute approximate surface area is 143 Å². The van der Waals surface area contributed by atoms with Crippen molar-refractivity contribution < 1.29 is 14.3 Å². The number of hydrogen-bond donors (Lipinski definition) is 0. The zero-order valence-electron chi connectivity index (χ0n) is 14.8. The van der Waals surface area contributed by atoms with Crippen molar-refractivity contribution in [3.8, 4) is 5.75 Å². The van der Waals surface area contributed by atoms with E-state index >= 15 is 0 Å². The second-order valence-electron chi connectivity index (χ2n) is 7.37. The van der Waals surface area contributed by atoms with E-state index < -0.39 is 0 Å². The molecular weight excluding hydrogens is 300 g/mol. The summed E-state index contributed by atoms with van der Waals surface area (Å²) in [5, 5.41) is 0. The molecule has 2 aromatic rings. The number of hydrogen-bond acceptors (Lipinski definition) is 3. The summed E-state index contributed by atoms with van der Waals surface area (Å²) in [5.74, 6) is 0.789. The number of ketones is 1. The Kier molecular flexibility index (Phi) is 4.46. The maximum absolute atomic E-state index is 13.0. The fourth-order valence-corrected chi connectivity index (χ4v) is 2.73. The van der Waals surface area contributed by atoms with Gasteiger partial charge in [-0.05, 0) is 29.5 Å². The predicted octanol–water partition coefficient (Wildman–Crippen LogP) is 4.30. The second-order valence-corrected chi connectivity index (χ2v) is 7.37. The Morgan fingerprint density at radius 2 is 1.92 bits per heavy atom. The number of carbonyl (C=O) groups is 1. The minimum atomic E-state index is -0.0837. The fraction of sp³-hybridized carbons (Fsp3) is 0.381. The highest BCUT2D eigenvalue weighted by Crippen LogP contribution is 2.29. The third-order valence-electron chi connectivity index (χ3n) is 4.26. The van der Waals surface area contributed by atoms with Crippen LogP contribution < -0.4 is 4.74 Å². The number of benzene rings is 2. The highest BCUT2D eigenvalue weighted by molar-refractivity contribution is 6.10. The van der Waals surface area contributed by atoms with Gasteiger partial charge < -0.3 is 9.47 Å². The summed E-state index contributed by atoms with van der Waals surface area (Å²) in [6.45, 7) is 9.66. The fourth-order valence-electron chi connectivity index (χ4n) is 2.73. The highest BCUT2D eigenvalue weighted by atomic mass is 16.6. The lowest BCUT2D eigenvalue weighted by Gasteiger charge is -2.22. The van der Waals surface area contributed by atoms with E-state index in [0.29, 0.717) is 12.2 Å². The number of aryl methyl sites for hydroxylation is 1. The lowest BCUT2D eigenvalue weighted by Crippen LogP contribution is -2.17. The number of epoxide rings is 1. The monoisotopic (exact) mass is 324 g/mol. The van der Waals surface area contributed by atoms with Gasteiger partial charge in [-0.1, -0.05) is 57.2 Å². The summed E-state index contributed by atoms with van der Waals surface area (Å²) in [6, 6.07) is 13.5. The van der Waals surface area contributed by atoms with Gasteiger partial charge in [-0.25, -0.2) is 0 Å². The van der Waals surface area contributed by atoms with Gasteiger partial charge >= 0.3 is 0 Å². The smallest absolute Gasteiger partial charge is 0.193 e. The molecule has 1 atom stereocenters. The summed E-state index contributed by atoms with van der Waals surface area (Å²) >= 11 is 0. The first-order valence-corrected chi connectivity index (χ1v) is 8.35. The van der Waals surface area contributed by atoms with Gasteiger partial charge in [0.25, 0.3) is 0 Å². The molecule has 0 bridgehead atoms. The molecule has 1 aliphatic heterocycles. The number of carbonyl (C=O) groups excluding carboxylic acids is 1. The van der Waals surface area contributed by atoms with Crippen LogP contribution in [0, 0.1) is 6.92 Å². The minimum absolute atomic E-state index is 0.0352. The quantitative estimate of drug-likeness (QED) is 0.608. The Morgan fingerprint density at radius 1 is 1.21 bits per heavy atom. The molecule has 0 aromatic heterocycles. The van der Waals surface area contributed by atoms with Crippen LogP contribution in [-0.2, 0) is 10.2 Å². The Bertz CT molecular complexity index is 752. The standard InChI is InChI=1S/C21H24O3/c1-14-9-10-15(11-19(14)24-13-16-12-23-16)20(22)17-7-5-6-8-18(17)21(2,3)4/h5-11,16H,12-13H2,1-4H3. The maximum Gasteiger partial charge on any atom is 0.193 e. The first-order valence-electron chi connectivity index (χ1n) is 8.35. The molecule has 1 saturated heterocycles. The summed E-state index contributed by atoms with van der Waals surface area (Å²) in [4.78, 5) is 13.0. The molecule has 2 aromatic carbocycles. The molecule has 0 radical (unpaired) electrons. The van der Waals surface area contributed by atoms with Gasteiger partial charge in [0.05, 0.1) is 6.61 Å². The van der Waals surface area contributed by atoms with Crippen LogP contribution in [0.1, 0.15) is 47.8 Å². The molecule has 0 amide bonds. The lowest BCUT2D eigenvalue weighted by atomic mass is 9.82. The molecule has 3 heteroatoms. The zero-order chi connectivity index (χ0) is 17.3. The van der Waals surface area contributed by atoms with E-state index in [1.165, 1.54) is 0 Å². The van der Waals surface area contributed by atoms with Crippen molar-refractivity contribution in [3.05, 3.63) is 64.7 Å². The molecule has 24 heavy (non-hydrogen) atoms. The van der Waals surface area contributed by atoms with Crippen LogP contribution in [0.2, 0.25) is 0 Å². The number of rotatable bonds is 5. The van der Waals surface area contributed by atoms with Gasteiger partial charge in [-0.3, -0.25) is 4.79 Å². The first-order chi connectivity index (χ1) is 11.4. The summed E-state index contributed by atoms with van der Waals surface area (Å²) < 4.78 is 11.0. The van der Waals surface area contributed by atoms with E-state index in [0.717, 1.165) is 29.0 Å². The van der Waals surface area contributed by atoms with Crippen LogP contribution >= 0.6 is 0 Å². The van der Waals surface area contributed by atoms with Gasteiger partial charge in [0.15, 0.2) is 5.78 Å². The maximum atomic E-state index is 13.0. The van der Waals surface area contributed by atoms with Gasteiger partial charge in [0, 0.05) is 11.1 Å². The van der Waals surface area contributed by atoms with E-state index in [-0.39, 0.29) is 17.3 Å². The van der Waals surface area contributed by atoms with Crippen molar-refractivity contribution in [1.82, 2.24) is 0 Å². The van der Waals surface area contributed by atoms with Crippen molar-refractivity contribution in [2.75, 3.05) is 13.2 Å². The van der Waals surface area contributed by atoms with Gasteiger partial charge in [-0.2, -0.15) is 0 Å². The molecule has 3 nitrogen and oxygen atoms in total. The van der Waals surface area contributed by atoms with Crippen molar-refractivity contribution in [2.45, 2.75) is 39.2 Å². The lowest BCUT2D eigenvalue weighted by molar-refractivity contribution is 0.103. The molecule has 0 spiro atoms. The molecular formula is C21H24O3. The van der Waals surface area contributed by atoms with E-state index in [2.05, 4.69) is 20.8 Å². The minimum Gasteiger partial charge on any atom is -0.490 e. The molecule has 0 saturated carbocycles. The molecule has 0 N–H and O–H groups in total. The van der Waals surface area contributed by atoms with E-state index in [1.807, 2.05) is 49.4 Å². The molecule has 1 aliphatic rings. The first kappa shape index (κ1) is 16.7. The summed E-state index contributed by atoms with van der Waals surface area (Å²) in [5.41, 5.74) is 3.41. The van der Waals surface area contributed by atoms with Crippen LogP contribution in [0.15, 0.2) is 42.5 Å². The second kappa shape index (κ2) is 6.40. The molecule has 1 heterocycles. The van der Waals surface area contributed by atoms with Gasteiger partial charge in [0.1, 0.15) is 18.5 Å². The molecule has 1 fully saturated rings. The predicted molar refractivity (Wildman–Crippen MR) is 95.0 cm³/mol. The average Bonchev–Trinajstić information content (AvgIpc) is 3.37. The number of ether oxygens (including phenoxy) is 2. The van der Waals surface area contributed by atoms with Gasteiger partial charge in [-0.15, -0.1) is 0 Å².